The third-order valence-corrected chi connectivity index (χ3v) is 5.24. The number of hydrogen-bond acceptors (Lipinski definition) is 8. The number of piperidine rings is 1. The first-order chi connectivity index (χ1) is 17.7. The van der Waals surface area contributed by atoms with Gasteiger partial charge in [0.25, 0.3) is 0 Å². The van der Waals surface area contributed by atoms with Crippen LogP contribution in [0.4, 0.5) is 13.2 Å². The Morgan fingerprint density at radius 3 is 2.00 bits per heavy atom. The molecule has 1 aliphatic rings. The van der Waals surface area contributed by atoms with Crippen LogP contribution in [0.3, 0.4) is 0 Å². The molecule has 0 saturated carbocycles. The van der Waals surface area contributed by atoms with Crippen molar-refractivity contribution in [3.63, 3.8) is 0 Å². The lowest BCUT2D eigenvalue weighted by Crippen LogP contribution is -2.33. The third-order valence-electron chi connectivity index (χ3n) is 5.24. The number of rotatable bonds is 12. The van der Waals surface area contributed by atoms with E-state index in [1.807, 2.05) is 0 Å². The number of ketones is 1. The highest BCUT2D eigenvalue weighted by molar-refractivity contribution is 5.99. The molecule has 0 spiro atoms. The second-order valence-electron chi connectivity index (χ2n) is 8.23. The van der Waals surface area contributed by atoms with E-state index in [0.717, 1.165) is 32.4 Å². The Balaban J connectivity index is 0.000000905. The fourth-order valence-corrected chi connectivity index (χ4v) is 3.28. The number of carbonyl (C=O) groups excluding carboxylic acids is 2. The molecule has 1 saturated heterocycles. The number of halogens is 3. The molecule has 0 aromatic heterocycles. The minimum absolute atomic E-state index is 0.00611. The van der Waals surface area contributed by atoms with Crippen molar-refractivity contribution < 1.29 is 61.9 Å². The van der Waals surface area contributed by atoms with Crippen LogP contribution in [0.5, 0.6) is 11.5 Å². The van der Waals surface area contributed by atoms with Crippen molar-refractivity contribution in [3.05, 3.63) is 23.8 Å². The van der Waals surface area contributed by atoms with Crippen molar-refractivity contribution in [2.75, 3.05) is 39.9 Å². The number of carbonyl (C=O) groups is 5. The quantitative estimate of drug-likeness (QED) is 0.278. The fourth-order valence-electron chi connectivity index (χ4n) is 3.28. The van der Waals surface area contributed by atoms with Crippen LogP contribution in [0.15, 0.2) is 18.2 Å². The maximum absolute atomic E-state index is 12.6. The van der Waals surface area contributed by atoms with Gasteiger partial charge in [0.1, 0.15) is 0 Å². The van der Waals surface area contributed by atoms with Crippen molar-refractivity contribution in [2.45, 2.75) is 31.9 Å². The number of Topliss-reactive ketones (excluding diaryl/α,β-unsaturated/α-hetero) is 1. The SMILES string of the molecule is CN(CC(=O)c1ccc(OCC(=O)O)c(OCC(=O)O)c1)C(=O)CCC1CCNCC1.O=C(O)C(F)(F)F. The van der Waals surface area contributed by atoms with E-state index in [4.69, 9.17) is 29.6 Å². The number of amides is 1. The number of ether oxygens (including phenoxy) is 2. The average Bonchev–Trinajstić information content (AvgIpc) is 2.85. The molecule has 15 heteroatoms. The molecule has 4 N–H and O–H groups in total. The van der Waals surface area contributed by atoms with Gasteiger partial charge in [0, 0.05) is 19.0 Å². The highest BCUT2D eigenvalue weighted by Gasteiger charge is 2.38. The molecular weight excluding hydrogens is 521 g/mol. The monoisotopic (exact) mass is 550 g/mol. The first-order valence-corrected chi connectivity index (χ1v) is 11.3. The van der Waals surface area contributed by atoms with Gasteiger partial charge < -0.3 is 35.0 Å². The molecule has 1 aliphatic heterocycles. The van der Waals surface area contributed by atoms with Crippen LogP contribution in [-0.4, -0.2) is 95.9 Å². The minimum atomic E-state index is -5.08. The summed E-state index contributed by atoms with van der Waals surface area (Å²) in [6, 6.07) is 4.04. The molecule has 1 fully saturated rings. The van der Waals surface area contributed by atoms with Gasteiger partial charge in [0.05, 0.1) is 6.54 Å². The Bertz CT molecular complexity index is 994. The van der Waals surface area contributed by atoms with Crippen molar-refractivity contribution in [1.82, 2.24) is 10.2 Å². The molecule has 0 unspecified atom stereocenters. The first-order valence-electron chi connectivity index (χ1n) is 11.3. The summed E-state index contributed by atoms with van der Waals surface area (Å²) in [5.41, 5.74) is 0.195. The smallest absolute Gasteiger partial charge is 0.479 e. The van der Waals surface area contributed by atoms with Gasteiger partial charge in [-0.15, -0.1) is 0 Å². The summed E-state index contributed by atoms with van der Waals surface area (Å²) < 4.78 is 41.9. The number of benzene rings is 1. The second kappa shape index (κ2) is 15.4. The topological polar surface area (TPSA) is 180 Å². The number of nitrogens with one attached hydrogen (secondary N) is 1. The summed E-state index contributed by atoms with van der Waals surface area (Å²) >= 11 is 0. The third kappa shape index (κ3) is 12.4. The van der Waals surface area contributed by atoms with Gasteiger partial charge in [-0.2, -0.15) is 13.2 Å². The Morgan fingerprint density at radius 1 is 0.974 bits per heavy atom. The summed E-state index contributed by atoms with van der Waals surface area (Å²) in [7, 11) is 1.56. The van der Waals surface area contributed by atoms with Crippen LogP contribution in [0.2, 0.25) is 0 Å². The number of carboxylic acid groups (broad SMARTS) is 3. The van der Waals surface area contributed by atoms with Gasteiger partial charge in [0.2, 0.25) is 5.91 Å². The Labute approximate surface area is 215 Å². The Hall–Kier alpha value is -3.88. The van der Waals surface area contributed by atoms with E-state index in [1.165, 1.54) is 23.1 Å². The van der Waals surface area contributed by atoms with Gasteiger partial charge >= 0.3 is 24.1 Å². The number of hydrogen-bond donors (Lipinski definition) is 4. The van der Waals surface area contributed by atoms with Crippen LogP contribution in [-0.2, 0) is 19.2 Å². The molecule has 0 bridgehead atoms. The van der Waals surface area contributed by atoms with Crippen LogP contribution in [0, 0.1) is 5.92 Å². The zero-order valence-electron chi connectivity index (χ0n) is 20.5. The van der Waals surface area contributed by atoms with E-state index in [9.17, 15) is 32.3 Å². The van der Waals surface area contributed by atoms with Crippen molar-refractivity contribution >= 4 is 29.6 Å². The molecule has 12 nitrogen and oxygen atoms in total. The second-order valence-corrected chi connectivity index (χ2v) is 8.23. The summed E-state index contributed by atoms with van der Waals surface area (Å²) in [5.74, 6) is -5.22. The lowest BCUT2D eigenvalue weighted by atomic mass is 9.93. The highest BCUT2D eigenvalue weighted by atomic mass is 19.4. The normalized spacial score (nSPS) is 13.5. The van der Waals surface area contributed by atoms with Crippen LogP contribution in [0.25, 0.3) is 0 Å². The molecule has 0 atom stereocenters. The number of aliphatic carboxylic acids is 3. The number of likely N-dealkylation sites (N-methyl/N-ethyl adjacent to an activating group) is 1. The van der Waals surface area contributed by atoms with Gasteiger partial charge in [-0.05, 0) is 56.5 Å². The number of alkyl halides is 3. The van der Waals surface area contributed by atoms with Crippen LogP contribution in [0.1, 0.15) is 36.0 Å². The molecule has 212 valence electrons. The largest absolute Gasteiger partial charge is 0.490 e. The maximum atomic E-state index is 12.6. The minimum Gasteiger partial charge on any atom is -0.479 e. The standard InChI is InChI=1S/C21H28N2O8.C2HF3O2/c1-23(19(25)5-2-14-6-8-22-9-7-14)11-16(24)15-3-4-17(30-12-20(26)27)18(10-15)31-13-21(28)29;3-2(4,5)1(6)7/h3-4,10,14,22H,2,5-9,11-13H2,1H3,(H,26,27)(H,28,29);(H,6,7). The molecule has 38 heavy (non-hydrogen) atoms. The molecule has 0 radical (unpaired) electrons. The van der Waals surface area contributed by atoms with Crippen molar-refractivity contribution in [2.24, 2.45) is 5.92 Å². The summed E-state index contributed by atoms with van der Waals surface area (Å²) in [6.45, 7) is 0.456. The van der Waals surface area contributed by atoms with Crippen LogP contribution >= 0.6 is 0 Å². The molecule has 1 aromatic carbocycles. The molecule has 1 heterocycles. The predicted molar refractivity (Wildman–Crippen MR) is 123 cm³/mol. The summed E-state index contributed by atoms with van der Waals surface area (Å²) in [4.78, 5) is 56.8. The fraction of sp³-hybridized carbons (Fsp3) is 0.522. The first kappa shape index (κ1) is 32.1. The van der Waals surface area contributed by atoms with Gasteiger partial charge in [-0.25, -0.2) is 14.4 Å². The zero-order valence-corrected chi connectivity index (χ0v) is 20.5. The Morgan fingerprint density at radius 2 is 1.50 bits per heavy atom. The maximum Gasteiger partial charge on any atom is 0.490 e. The highest BCUT2D eigenvalue weighted by Crippen LogP contribution is 2.29. The summed E-state index contributed by atoms with van der Waals surface area (Å²) in [6.07, 6.45) is -1.82. The number of carboxylic acids is 3. The zero-order chi connectivity index (χ0) is 28.9. The van der Waals surface area contributed by atoms with E-state index < -0.39 is 37.3 Å². The summed E-state index contributed by atoms with van der Waals surface area (Å²) in [5, 5.41) is 28.0. The van der Waals surface area contributed by atoms with E-state index in [-0.39, 0.29) is 35.3 Å². The average molecular weight is 550 g/mol. The molecule has 1 aromatic rings. The predicted octanol–water partition coefficient (Wildman–Crippen LogP) is 1.67. The van der Waals surface area contributed by atoms with E-state index in [0.29, 0.717) is 12.3 Å². The van der Waals surface area contributed by atoms with Crippen molar-refractivity contribution in [3.8, 4) is 11.5 Å². The van der Waals surface area contributed by atoms with Gasteiger partial charge in [0.15, 0.2) is 30.5 Å². The molecule has 2 rings (SSSR count). The lowest BCUT2D eigenvalue weighted by Gasteiger charge is -2.23. The van der Waals surface area contributed by atoms with E-state index in [1.54, 1.807) is 7.05 Å². The van der Waals surface area contributed by atoms with E-state index >= 15 is 0 Å². The lowest BCUT2D eigenvalue weighted by molar-refractivity contribution is -0.192. The van der Waals surface area contributed by atoms with Crippen LogP contribution < -0.4 is 14.8 Å². The van der Waals surface area contributed by atoms with Gasteiger partial charge in [-0.3, -0.25) is 9.59 Å². The Kier molecular flexibility index (Phi) is 13.0. The molecule has 0 aliphatic carbocycles. The molecular formula is C23H29F3N2O10. The van der Waals surface area contributed by atoms with Crippen molar-refractivity contribution in [1.29, 1.82) is 0 Å². The van der Waals surface area contributed by atoms with Gasteiger partial charge in [-0.1, -0.05) is 0 Å². The van der Waals surface area contributed by atoms with E-state index in [2.05, 4.69) is 5.32 Å². The molecule has 1 amide bonds. The number of nitrogens with zero attached hydrogens (tertiary/aromatic N) is 1.